The van der Waals surface area contributed by atoms with Gasteiger partial charge in [0.25, 0.3) is 5.91 Å². The second-order valence-corrected chi connectivity index (χ2v) is 19.2. The molecule has 3 aromatic rings. The molecule has 16 nitrogen and oxygen atoms in total. The third-order valence-electron chi connectivity index (χ3n) is 11.3. The first-order valence-corrected chi connectivity index (χ1v) is 22.3. The number of aromatic nitrogens is 2. The summed E-state index contributed by atoms with van der Waals surface area (Å²) in [6.45, 7) is 7.34. The maximum atomic E-state index is 14.6. The van der Waals surface area contributed by atoms with Crippen LogP contribution in [0.1, 0.15) is 72.6 Å². The lowest BCUT2D eigenvalue weighted by Crippen LogP contribution is -2.60. The molecule has 4 aliphatic rings. The van der Waals surface area contributed by atoms with E-state index in [2.05, 4.69) is 20.3 Å². The molecule has 2 aliphatic heterocycles. The van der Waals surface area contributed by atoms with Crippen LogP contribution in [-0.2, 0) is 29.1 Å². The Morgan fingerprint density at radius 2 is 1.88 bits per heavy atom. The van der Waals surface area contributed by atoms with Gasteiger partial charge in [0.2, 0.25) is 21.8 Å². The van der Waals surface area contributed by atoms with Crippen molar-refractivity contribution in [2.45, 2.75) is 113 Å². The Labute approximate surface area is 347 Å². The summed E-state index contributed by atoms with van der Waals surface area (Å²) < 4.78 is 46.0. The third kappa shape index (κ3) is 9.23. The summed E-state index contributed by atoms with van der Waals surface area (Å²) in [4.78, 5) is 66.2. The van der Waals surface area contributed by atoms with Gasteiger partial charge in [-0.1, -0.05) is 19.1 Å². The predicted molar refractivity (Wildman–Crippen MR) is 218 cm³/mol. The summed E-state index contributed by atoms with van der Waals surface area (Å²) in [6.07, 6.45) is 4.58. The summed E-state index contributed by atoms with van der Waals surface area (Å²) in [5.41, 5.74) is 2.08. The molecule has 4 amide bonds. The average Bonchev–Trinajstić information content (AvgIpc) is 3.94. The molecule has 4 heterocycles. The molecule has 1 aromatic carbocycles. The van der Waals surface area contributed by atoms with E-state index in [4.69, 9.17) is 19.2 Å². The summed E-state index contributed by atoms with van der Waals surface area (Å²) >= 11 is 1.40. The monoisotopic (exact) mass is 850 g/mol. The molecule has 4 N–H and O–H groups in total. The number of hydrogen-bond donors (Lipinski definition) is 4. The van der Waals surface area contributed by atoms with Crippen LogP contribution in [0.15, 0.2) is 60.3 Å². The quantitative estimate of drug-likeness (QED) is 0.194. The van der Waals surface area contributed by atoms with Gasteiger partial charge in [-0.2, -0.15) is 0 Å². The van der Waals surface area contributed by atoms with E-state index in [-0.39, 0.29) is 32.1 Å². The molecule has 59 heavy (non-hydrogen) atoms. The van der Waals surface area contributed by atoms with Gasteiger partial charge in [0.1, 0.15) is 35.2 Å². The van der Waals surface area contributed by atoms with E-state index in [0.717, 1.165) is 10.4 Å². The van der Waals surface area contributed by atoms with Crippen LogP contribution < -0.4 is 24.8 Å². The summed E-state index contributed by atoms with van der Waals surface area (Å²) in [6, 6.07) is 8.41. The topological polar surface area (TPSA) is 215 Å². The molecule has 7 rings (SSSR count). The minimum absolute atomic E-state index is 0.00362. The van der Waals surface area contributed by atoms with Gasteiger partial charge >= 0.3 is 6.09 Å². The Balaban J connectivity index is 1.22. The number of rotatable bonds is 11. The molecule has 18 heteroatoms. The highest BCUT2D eigenvalue weighted by molar-refractivity contribution is 7.91. The van der Waals surface area contributed by atoms with Gasteiger partial charge in [-0.3, -0.25) is 24.1 Å². The minimum atomic E-state index is -4.03. The van der Waals surface area contributed by atoms with Crippen LogP contribution in [-0.4, -0.2) is 106 Å². The van der Waals surface area contributed by atoms with Crippen molar-refractivity contribution >= 4 is 45.2 Å². The fraction of sp³-hybridized carbons (Fsp3) is 0.512. The number of nitrogens with one attached hydrogen (secondary N) is 3. The smallest absolute Gasteiger partial charge is 0.405 e. The van der Waals surface area contributed by atoms with Crippen molar-refractivity contribution in [1.29, 1.82) is 0 Å². The van der Waals surface area contributed by atoms with Gasteiger partial charge < -0.3 is 34.9 Å². The largest absolute Gasteiger partial charge is 0.491 e. The van der Waals surface area contributed by atoms with Gasteiger partial charge in [0, 0.05) is 42.8 Å². The van der Waals surface area contributed by atoms with E-state index >= 15 is 0 Å². The Bertz CT molecular complexity index is 2190. The summed E-state index contributed by atoms with van der Waals surface area (Å²) in [5.74, 6) is -1.64. The number of carbonyl (C=O) groups is 4. The lowest BCUT2D eigenvalue weighted by atomic mass is 10.1. The minimum Gasteiger partial charge on any atom is -0.491 e. The lowest BCUT2D eigenvalue weighted by Gasteiger charge is -2.32. The first kappa shape index (κ1) is 42.1. The van der Waals surface area contributed by atoms with Crippen LogP contribution in [0.5, 0.6) is 11.5 Å². The molecule has 2 aromatic heterocycles. The lowest BCUT2D eigenvalue weighted by molar-refractivity contribution is -0.144. The number of thiazole rings is 1. The van der Waals surface area contributed by atoms with Crippen molar-refractivity contribution in [3.05, 3.63) is 60.3 Å². The predicted octanol–water partition coefficient (Wildman–Crippen LogP) is 4.66. The van der Waals surface area contributed by atoms with Gasteiger partial charge in [-0.25, -0.2) is 18.2 Å². The van der Waals surface area contributed by atoms with Crippen molar-refractivity contribution < 1.29 is 46.9 Å². The van der Waals surface area contributed by atoms with Crippen molar-refractivity contribution in [3.63, 3.8) is 0 Å². The Hall–Kier alpha value is -5.07. The van der Waals surface area contributed by atoms with Crippen LogP contribution in [0, 0.1) is 5.92 Å². The summed E-state index contributed by atoms with van der Waals surface area (Å²) in [5, 5.41) is 15.0. The molecule has 0 unspecified atom stereocenters. The van der Waals surface area contributed by atoms with E-state index in [1.54, 1.807) is 43.8 Å². The number of carbonyl (C=O) groups excluding carboxylic acids is 3. The van der Waals surface area contributed by atoms with Crippen LogP contribution in [0.25, 0.3) is 21.8 Å². The van der Waals surface area contributed by atoms with E-state index < -0.39 is 74.3 Å². The van der Waals surface area contributed by atoms with E-state index in [0.29, 0.717) is 55.0 Å². The zero-order chi connectivity index (χ0) is 42.1. The highest BCUT2D eigenvalue weighted by atomic mass is 32.2. The van der Waals surface area contributed by atoms with Gasteiger partial charge in [0.15, 0.2) is 0 Å². The second kappa shape index (κ2) is 16.9. The summed E-state index contributed by atoms with van der Waals surface area (Å²) in [7, 11) is -4.03. The number of carboxylic acid groups (broad SMARTS) is 1. The molecule has 2 saturated carbocycles. The molecular formula is C41H50N6O10S2. The van der Waals surface area contributed by atoms with Crippen LogP contribution in [0.4, 0.5) is 4.79 Å². The Kier molecular flexibility index (Phi) is 12.0. The molecule has 0 bridgehead atoms. The third-order valence-corrected chi connectivity index (χ3v) is 14.2. The number of hydrogen-bond acceptors (Lipinski definition) is 12. The molecule has 0 radical (unpaired) electrons. The zero-order valence-electron chi connectivity index (χ0n) is 33.4. The fourth-order valence-electron chi connectivity index (χ4n) is 7.57. The molecular weight excluding hydrogens is 801 g/mol. The molecule has 6 atom stereocenters. The number of pyridine rings is 1. The van der Waals surface area contributed by atoms with Gasteiger partial charge in [-0.15, -0.1) is 11.3 Å². The van der Waals surface area contributed by atoms with E-state index in [1.165, 1.54) is 16.2 Å². The highest BCUT2D eigenvalue weighted by Gasteiger charge is 2.63. The normalized spacial score (nSPS) is 26.7. The van der Waals surface area contributed by atoms with E-state index in [1.807, 2.05) is 44.2 Å². The Morgan fingerprint density at radius 3 is 2.54 bits per heavy atom. The molecule has 3 fully saturated rings. The second-order valence-electron chi connectivity index (χ2n) is 16.1. The SMILES string of the molecule is CC[C@@H]1OCCCC=C[C@@H]2C[C@@]2(C(=O)NS(=O)(=O)C2(C)CC2)NC(=O)[C@@H]2C[C@@H](Oc3cc(-c4ccc(OC(C)C)cc4)nc(-c4cncs4)c3)CN2C(=O)[C@H]1NC(=O)O. The van der Waals surface area contributed by atoms with Crippen molar-refractivity contribution in [1.82, 2.24) is 30.2 Å². The number of amides is 4. The number of fused-ring (bicyclic) bond motifs is 2. The van der Waals surface area contributed by atoms with Crippen LogP contribution >= 0.6 is 11.3 Å². The average molecular weight is 851 g/mol. The van der Waals surface area contributed by atoms with Crippen LogP contribution in [0.3, 0.4) is 0 Å². The van der Waals surface area contributed by atoms with E-state index in [9.17, 15) is 32.7 Å². The molecule has 316 valence electrons. The number of nitrogens with zero attached hydrogens (tertiary/aromatic N) is 3. The van der Waals surface area contributed by atoms with Gasteiger partial charge in [-0.05, 0) is 83.6 Å². The maximum absolute atomic E-state index is 14.6. The van der Waals surface area contributed by atoms with Crippen molar-refractivity contribution in [2.24, 2.45) is 5.92 Å². The molecule has 2 aliphatic carbocycles. The molecule has 0 spiro atoms. The number of benzene rings is 1. The highest BCUT2D eigenvalue weighted by Crippen LogP contribution is 2.47. The fourth-order valence-corrected chi connectivity index (χ4v) is 9.47. The molecule has 1 saturated heterocycles. The first-order chi connectivity index (χ1) is 28.1. The maximum Gasteiger partial charge on any atom is 0.405 e. The Morgan fingerprint density at radius 1 is 1.14 bits per heavy atom. The van der Waals surface area contributed by atoms with Crippen molar-refractivity contribution in [2.75, 3.05) is 13.2 Å². The standard InChI is InChI=1S/C41H50N6O10S2/c1-5-33-35(44-39(51)52)37(49)47-22-29(57-28-17-30(43-31(18-28)34-21-42-23-58-34)25-10-12-27(13-11-25)56-24(2)3)19-32(47)36(48)45-41(20-26(41)9-7-6-8-16-55-33)38(50)46-59(53,54)40(4)14-15-40/h7,9-13,17-18,21,23-24,26,29,32-33,35,44H,5-6,8,14-16,19-20,22H2,1-4H3,(H,45,48)(H,46,50)(H,51,52)/t26-,29-,32+,33+,35+,41-/m1/s1. The number of sulfonamides is 1. The first-order valence-electron chi connectivity index (χ1n) is 19.9. The zero-order valence-corrected chi connectivity index (χ0v) is 35.0. The van der Waals surface area contributed by atoms with Crippen molar-refractivity contribution in [3.8, 4) is 33.3 Å². The van der Waals surface area contributed by atoms with Gasteiger partial charge in [0.05, 0.1) is 45.3 Å². The number of allylic oxidation sites excluding steroid dienone is 1. The van der Waals surface area contributed by atoms with Crippen LogP contribution in [0.2, 0.25) is 0 Å². The number of ether oxygens (including phenoxy) is 3.